The van der Waals surface area contributed by atoms with Gasteiger partial charge >= 0.3 is 5.97 Å². The van der Waals surface area contributed by atoms with Crippen LogP contribution in [0.15, 0.2) is 42.5 Å². The number of carboxylic acid groups (broad SMARTS) is 1. The van der Waals surface area contributed by atoms with Gasteiger partial charge in [0.2, 0.25) is 0 Å². The summed E-state index contributed by atoms with van der Waals surface area (Å²) in [5.74, 6) is 0.782. The number of aromatic nitrogens is 1. The van der Waals surface area contributed by atoms with E-state index in [0.717, 1.165) is 25.3 Å². The van der Waals surface area contributed by atoms with Crippen molar-refractivity contribution in [2.75, 3.05) is 24.5 Å². The van der Waals surface area contributed by atoms with Gasteiger partial charge in [0.25, 0.3) is 0 Å². The Morgan fingerprint density at radius 1 is 1.07 bits per heavy atom. The van der Waals surface area contributed by atoms with Gasteiger partial charge in [-0.05, 0) is 56.5 Å². The molecule has 1 aromatic carbocycles. The highest BCUT2D eigenvalue weighted by molar-refractivity contribution is 5.93. The molecule has 4 aliphatic rings. The third kappa shape index (κ3) is 2.64. The van der Waals surface area contributed by atoms with E-state index < -0.39 is 5.97 Å². The molecule has 5 heterocycles. The highest BCUT2D eigenvalue weighted by atomic mass is 16.4. The second-order valence-electron chi connectivity index (χ2n) is 8.15. The van der Waals surface area contributed by atoms with Crippen molar-refractivity contribution < 1.29 is 9.90 Å². The van der Waals surface area contributed by atoms with Crippen LogP contribution < -0.4 is 4.90 Å². The van der Waals surface area contributed by atoms with Crippen molar-refractivity contribution in [1.82, 2.24) is 9.88 Å². The van der Waals surface area contributed by atoms with E-state index in [9.17, 15) is 9.90 Å². The summed E-state index contributed by atoms with van der Waals surface area (Å²) in [7, 11) is 0. The van der Waals surface area contributed by atoms with Crippen molar-refractivity contribution in [2.45, 2.75) is 37.8 Å². The number of aromatic carboxylic acids is 1. The lowest BCUT2D eigenvalue weighted by molar-refractivity contribution is 0.0353. The minimum absolute atomic E-state index is 0.324. The van der Waals surface area contributed by atoms with Crippen LogP contribution in [0, 0.1) is 12.8 Å². The number of carboxylic acids is 1. The van der Waals surface area contributed by atoms with Crippen molar-refractivity contribution in [3.8, 4) is 0 Å². The predicted octanol–water partition coefficient (Wildman–Crippen LogP) is 3.15. The molecule has 6 rings (SSSR count). The molecular weight excluding hydrogens is 338 g/mol. The first kappa shape index (κ1) is 16.8. The molecule has 0 unspecified atom stereocenters. The van der Waals surface area contributed by atoms with Crippen molar-refractivity contribution in [2.24, 2.45) is 5.92 Å². The van der Waals surface area contributed by atoms with Gasteiger partial charge in [-0.15, -0.1) is 0 Å². The maximum atomic E-state index is 11.9. The summed E-state index contributed by atoms with van der Waals surface area (Å²) < 4.78 is 0. The molecular formula is C22H25N3O2. The number of benzene rings is 1. The zero-order valence-corrected chi connectivity index (χ0v) is 15.6. The van der Waals surface area contributed by atoms with Crippen LogP contribution in [-0.2, 0) is 0 Å². The minimum Gasteiger partial charge on any atom is -0.478 e. The molecule has 3 atom stereocenters. The third-order valence-corrected chi connectivity index (χ3v) is 6.74. The van der Waals surface area contributed by atoms with Crippen LogP contribution in [0.1, 0.15) is 40.4 Å². The van der Waals surface area contributed by atoms with Gasteiger partial charge < -0.3 is 10.0 Å². The maximum Gasteiger partial charge on any atom is 0.339 e. The maximum absolute atomic E-state index is 11.9. The lowest BCUT2D eigenvalue weighted by Gasteiger charge is -2.51. The fourth-order valence-electron chi connectivity index (χ4n) is 5.59. The highest BCUT2D eigenvalue weighted by Crippen LogP contribution is 2.48. The van der Waals surface area contributed by atoms with Crippen LogP contribution in [-0.4, -0.2) is 52.7 Å². The van der Waals surface area contributed by atoms with Gasteiger partial charge in [0.1, 0.15) is 11.4 Å². The molecule has 4 aliphatic heterocycles. The lowest BCUT2D eigenvalue weighted by Crippen LogP contribution is -2.60. The Labute approximate surface area is 159 Å². The molecule has 140 valence electrons. The molecule has 5 nitrogen and oxygen atoms in total. The van der Waals surface area contributed by atoms with E-state index >= 15 is 0 Å². The first-order valence-electron chi connectivity index (χ1n) is 9.90. The molecule has 1 N–H and O–H groups in total. The zero-order valence-electron chi connectivity index (χ0n) is 15.6. The standard InChI is InChI=1S/C22H25N3O2/c1-14-7-8-17(22(26)27)21(23-14)25-13-18(15-5-3-2-4-6-15)20-19(25)16-9-11-24(20)12-10-16/h2-8,16,18-20H,9-13H2,1H3,(H,26,27)/t18-,19+,20+/m1/s1. The van der Waals surface area contributed by atoms with E-state index in [-0.39, 0.29) is 0 Å². The molecule has 4 fully saturated rings. The van der Waals surface area contributed by atoms with Gasteiger partial charge in [0.05, 0.1) is 0 Å². The number of hydrogen-bond acceptors (Lipinski definition) is 4. The number of fused-ring (bicyclic) bond motifs is 2. The smallest absolute Gasteiger partial charge is 0.339 e. The molecule has 0 aliphatic carbocycles. The third-order valence-electron chi connectivity index (χ3n) is 6.74. The minimum atomic E-state index is -0.890. The number of carbonyl (C=O) groups is 1. The molecule has 2 aromatic rings. The predicted molar refractivity (Wildman–Crippen MR) is 104 cm³/mol. The SMILES string of the molecule is Cc1ccc(C(=O)O)c(N2C[C@H](c3ccccc3)[C@H]3[C@@H]2C2CCN3CC2)n1. The molecule has 0 spiro atoms. The van der Waals surface area contributed by atoms with Gasteiger partial charge in [-0.2, -0.15) is 0 Å². The van der Waals surface area contributed by atoms with Crippen LogP contribution in [0.4, 0.5) is 5.82 Å². The molecule has 0 saturated carbocycles. The lowest BCUT2D eigenvalue weighted by atomic mass is 9.75. The van der Waals surface area contributed by atoms with Crippen LogP contribution in [0.3, 0.4) is 0 Å². The summed E-state index contributed by atoms with van der Waals surface area (Å²) in [4.78, 5) is 21.6. The molecule has 0 amide bonds. The Hall–Kier alpha value is -2.40. The van der Waals surface area contributed by atoms with Crippen molar-refractivity contribution >= 4 is 11.8 Å². The van der Waals surface area contributed by atoms with Gasteiger partial charge in [-0.25, -0.2) is 9.78 Å². The average molecular weight is 363 g/mol. The molecule has 5 heteroatoms. The quantitative estimate of drug-likeness (QED) is 0.908. The second kappa shape index (κ2) is 6.34. The van der Waals surface area contributed by atoms with Crippen LogP contribution in [0.25, 0.3) is 0 Å². The number of pyridine rings is 1. The fourth-order valence-corrected chi connectivity index (χ4v) is 5.59. The van der Waals surface area contributed by atoms with Crippen molar-refractivity contribution in [3.05, 3.63) is 59.3 Å². The van der Waals surface area contributed by atoms with Crippen LogP contribution in [0.2, 0.25) is 0 Å². The first-order valence-corrected chi connectivity index (χ1v) is 9.90. The van der Waals surface area contributed by atoms with E-state index in [2.05, 4.69) is 40.1 Å². The summed E-state index contributed by atoms with van der Waals surface area (Å²) >= 11 is 0. The van der Waals surface area contributed by atoms with E-state index in [1.165, 1.54) is 18.4 Å². The largest absolute Gasteiger partial charge is 0.478 e. The summed E-state index contributed by atoms with van der Waals surface area (Å²) in [5.41, 5.74) is 2.55. The first-order chi connectivity index (χ1) is 13.1. The fraction of sp³-hybridized carbons (Fsp3) is 0.455. The van der Waals surface area contributed by atoms with Gasteiger partial charge in [-0.3, -0.25) is 4.90 Å². The summed E-state index contributed by atoms with van der Waals surface area (Å²) in [5, 5.41) is 9.75. The molecule has 4 saturated heterocycles. The summed E-state index contributed by atoms with van der Waals surface area (Å²) in [6, 6.07) is 15.0. The van der Waals surface area contributed by atoms with Crippen molar-refractivity contribution in [1.29, 1.82) is 0 Å². The zero-order chi connectivity index (χ0) is 18.5. The van der Waals surface area contributed by atoms with E-state index in [0.29, 0.717) is 35.3 Å². The van der Waals surface area contributed by atoms with Gasteiger partial charge in [0.15, 0.2) is 0 Å². The summed E-state index contributed by atoms with van der Waals surface area (Å²) in [6.45, 7) is 5.10. The number of aryl methyl sites for hydroxylation is 1. The van der Waals surface area contributed by atoms with Gasteiger partial charge in [0, 0.05) is 30.2 Å². The Morgan fingerprint density at radius 3 is 2.52 bits per heavy atom. The Balaban J connectivity index is 1.62. The molecule has 27 heavy (non-hydrogen) atoms. The molecule has 1 aromatic heterocycles. The van der Waals surface area contributed by atoms with Crippen LogP contribution >= 0.6 is 0 Å². The second-order valence-corrected chi connectivity index (χ2v) is 8.15. The number of hydrogen-bond donors (Lipinski definition) is 1. The molecule has 0 radical (unpaired) electrons. The number of nitrogens with zero attached hydrogens (tertiary/aromatic N) is 3. The molecule has 2 bridgehead atoms. The highest BCUT2D eigenvalue weighted by Gasteiger charge is 2.54. The Bertz CT molecular complexity index is 861. The van der Waals surface area contributed by atoms with Crippen LogP contribution in [0.5, 0.6) is 0 Å². The normalized spacial score (nSPS) is 31.7. The number of piperidine rings is 3. The van der Waals surface area contributed by atoms with E-state index in [4.69, 9.17) is 4.98 Å². The number of rotatable bonds is 3. The topological polar surface area (TPSA) is 56.7 Å². The summed E-state index contributed by atoms with van der Waals surface area (Å²) in [6.07, 6.45) is 2.40. The Morgan fingerprint density at radius 2 is 1.81 bits per heavy atom. The Kier molecular flexibility index (Phi) is 3.93. The van der Waals surface area contributed by atoms with E-state index in [1.54, 1.807) is 12.1 Å². The number of anilines is 1. The van der Waals surface area contributed by atoms with Gasteiger partial charge in [-0.1, -0.05) is 30.3 Å². The average Bonchev–Trinajstić information content (AvgIpc) is 3.12. The van der Waals surface area contributed by atoms with E-state index in [1.807, 2.05) is 6.92 Å². The van der Waals surface area contributed by atoms with Crippen molar-refractivity contribution in [3.63, 3.8) is 0 Å². The monoisotopic (exact) mass is 363 g/mol.